The minimum Gasteiger partial charge on any atom is -0.435 e. The van der Waals surface area contributed by atoms with Gasteiger partial charge in [0.2, 0.25) is 0 Å². The molecule has 0 heterocycles. The summed E-state index contributed by atoms with van der Waals surface area (Å²) in [4.78, 5) is 9.71. The van der Waals surface area contributed by atoms with Gasteiger partial charge in [-0.05, 0) is 17.7 Å². The Balaban J connectivity index is 3.11. The molecule has 0 saturated carbocycles. The Labute approximate surface area is 83.9 Å². The van der Waals surface area contributed by atoms with Crippen LogP contribution >= 0.6 is 0 Å². The molecular formula is C9H6F2NO3. The van der Waals surface area contributed by atoms with E-state index >= 15 is 0 Å². The second-order valence-corrected chi connectivity index (χ2v) is 2.53. The molecule has 1 aromatic rings. The summed E-state index contributed by atoms with van der Waals surface area (Å²) in [7, 11) is 0. The van der Waals surface area contributed by atoms with E-state index in [0.717, 1.165) is 12.1 Å². The molecule has 0 bridgehead atoms. The van der Waals surface area contributed by atoms with Gasteiger partial charge in [0.1, 0.15) is 5.75 Å². The zero-order valence-electron chi connectivity index (χ0n) is 7.44. The lowest BCUT2D eigenvalue weighted by Gasteiger charge is -2.04. The number of nitro groups is 1. The van der Waals surface area contributed by atoms with Crippen molar-refractivity contribution in [3.05, 3.63) is 46.5 Å². The quantitative estimate of drug-likeness (QED) is 0.571. The number of alkyl halides is 2. The molecule has 0 aliphatic heterocycles. The van der Waals surface area contributed by atoms with E-state index in [1.807, 2.05) is 0 Å². The first kappa shape index (κ1) is 11.1. The zero-order chi connectivity index (χ0) is 11.4. The molecule has 1 aromatic carbocycles. The maximum Gasteiger partial charge on any atom is 0.387 e. The highest BCUT2D eigenvalue weighted by atomic mass is 19.3. The minimum atomic E-state index is -3.02. The summed E-state index contributed by atoms with van der Waals surface area (Å²) in [5.74, 6) is -0.287. The fourth-order valence-electron chi connectivity index (χ4n) is 0.962. The van der Waals surface area contributed by atoms with Gasteiger partial charge >= 0.3 is 6.61 Å². The van der Waals surface area contributed by atoms with Gasteiger partial charge in [-0.25, -0.2) is 0 Å². The van der Waals surface area contributed by atoms with Crippen molar-refractivity contribution in [1.29, 1.82) is 0 Å². The fraction of sp³-hybridized carbons (Fsp3) is 0.111. The van der Waals surface area contributed by atoms with Gasteiger partial charge < -0.3 is 4.74 Å². The van der Waals surface area contributed by atoms with Gasteiger partial charge in [0, 0.05) is 6.07 Å². The van der Waals surface area contributed by atoms with Crippen LogP contribution in [0.4, 0.5) is 14.5 Å². The standard InChI is InChI=1S/C9H6F2NO3/c1-2-6-3-7(12(13)14)5-8(4-6)15-9(10)11/h3-5,9H,1H2. The number of nitro benzene ring substituents is 1. The van der Waals surface area contributed by atoms with Crippen molar-refractivity contribution in [2.24, 2.45) is 0 Å². The summed E-state index contributed by atoms with van der Waals surface area (Å²) in [5, 5.41) is 10.4. The van der Waals surface area contributed by atoms with Crippen LogP contribution in [0, 0.1) is 16.2 Å². The van der Waals surface area contributed by atoms with Crippen molar-refractivity contribution < 1.29 is 18.4 Å². The summed E-state index contributed by atoms with van der Waals surface area (Å²) in [6.45, 7) is 0.238. The molecule has 0 saturated heterocycles. The second-order valence-electron chi connectivity index (χ2n) is 2.53. The highest BCUT2D eigenvalue weighted by molar-refractivity contribution is 5.44. The van der Waals surface area contributed by atoms with Crippen molar-refractivity contribution in [2.75, 3.05) is 0 Å². The van der Waals surface area contributed by atoms with E-state index in [0.29, 0.717) is 0 Å². The summed E-state index contributed by atoms with van der Waals surface area (Å²) in [5.41, 5.74) is -0.126. The van der Waals surface area contributed by atoms with Crippen molar-refractivity contribution in [1.82, 2.24) is 0 Å². The van der Waals surface area contributed by atoms with Crippen molar-refractivity contribution >= 4 is 5.69 Å². The van der Waals surface area contributed by atoms with Crippen LogP contribution in [-0.4, -0.2) is 11.5 Å². The third-order valence-electron chi connectivity index (χ3n) is 1.53. The van der Waals surface area contributed by atoms with Crippen molar-refractivity contribution in [3.8, 4) is 5.75 Å². The van der Waals surface area contributed by atoms with Crippen LogP contribution in [0.15, 0.2) is 24.8 Å². The first-order valence-electron chi connectivity index (χ1n) is 3.80. The number of ether oxygens (including phenoxy) is 1. The van der Waals surface area contributed by atoms with Crippen LogP contribution in [0.3, 0.4) is 0 Å². The predicted octanol–water partition coefficient (Wildman–Crippen LogP) is 2.53. The molecule has 0 atom stereocenters. The largest absolute Gasteiger partial charge is 0.435 e. The van der Waals surface area contributed by atoms with Gasteiger partial charge in [-0.15, -0.1) is 0 Å². The molecule has 0 fully saturated rings. The third-order valence-corrected chi connectivity index (χ3v) is 1.53. The van der Waals surface area contributed by atoms with E-state index in [1.165, 1.54) is 6.07 Å². The Kier molecular flexibility index (Phi) is 3.33. The molecule has 0 aromatic heterocycles. The SMILES string of the molecule is C=[C]c1cc(OC(F)F)cc([N+](=O)[O-])c1. The summed E-state index contributed by atoms with van der Waals surface area (Å²) < 4.78 is 27.8. The van der Waals surface area contributed by atoms with Gasteiger partial charge in [-0.1, -0.05) is 6.58 Å². The van der Waals surface area contributed by atoms with Crippen molar-refractivity contribution in [3.63, 3.8) is 0 Å². The van der Waals surface area contributed by atoms with Crippen LogP contribution in [0.25, 0.3) is 0 Å². The van der Waals surface area contributed by atoms with Crippen LogP contribution in [0.5, 0.6) is 5.75 Å². The Morgan fingerprint density at radius 3 is 2.60 bits per heavy atom. The fourth-order valence-corrected chi connectivity index (χ4v) is 0.962. The second kappa shape index (κ2) is 4.50. The smallest absolute Gasteiger partial charge is 0.387 e. The highest BCUT2D eigenvalue weighted by Crippen LogP contribution is 2.24. The molecule has 0 unspecified atom stereocenters. The molecule has 0 spiro atoms. The summed E-state index contributed by atoms with van der Waals surface area (Å²) in [6.07, 6.45) is 2.36. The number of non-ortho nitro benzene ring substituents is 1. The Bertz CT molecular complexity index is 393. The molecule has 4 nitrogen and oxygen atoms in total. The van der Waals surface area contributed by atoms with Crippen LogP contribution in [-0.2, 0) is 0 Å². The van der Waals surface area contributed by atoms with E-state index in [2.05, 4.69) is 17.4 Å². The molecule has 0 aliphatic rings. The van der Waals surface area contributed by atoms with Crippen LogP contribution in [0.2, 0.25) is 0 Å². The lowest BCUT2D eigenvalue weighted by Crippen LogP contribution is -2.02. The maximum absolute atomic E-state index is 11.9. The number of hydrogen-bond donors (Lipinski definition) is 0. The third kappa shape index (κ3) is 3.01. The Morgan fingerprint density at radius 2 is 2.13 bits per heavy atom. The van der Waals surface area contributed by atoms with Gasteiger partial charge in [0.15, 0.2) is 0 Å². The molecule has 0 amide bonds. The Morgan fingerprint density at radius 1 is 1.47 bits per heavy atom. The van der Waals surface area contributed by atoms with Crippen LogP contribution in [0.1, 0.15) is 5.56 Å². The molecule has 79 valence electrons. The van der Waals surface area contributed by atoms with Gasteiger partial charge in [-0.3, -0.25) is 10.1 Å². The van der Waals surface area contributed by atoms with Gasteiger partial charge in [-0.2, -0.15) is 8.78 Å². The first-order chi connectivity index (χ1) is 7.02. The number of halogens is 2. The monoisotopic (exact) mass is 214 g/mol. The molecule has 0 N–H and O–H groups in total. The number of nitrogens with zero attached hydrogens (tertiary/aromatic N) is 1. The first-order valence-corrected chi connectivity index (χ1v) is 3.80. The van der Waals surface area contributed by atoms with E-state index in [1.54, 1.807) is 0 Å². The minimum absolute atomic E-state index is 0.222. The highest BCUT2D eigenvalue weighted by Gasteiger charge is 2.12. The lowest BCUT2D eigenvalue weighted by atomic mass is 10.2. The average Bonchev–Trinajstić information content (AvgIpc) is 2.16. The topological polar surface area (TPSA) is 52.4 Å². The summed E-state index contributed by atoms with van der Waals surface area (Å²) in [6, 6.07) is 3.25. The van der Waals surface area contributed by atoms with Gasteiger partial charge in [0.25, 0.3) is 5.69 Å². The van der Waals surface area contributed by atoms with E-state index in [9.17, 15) is 18.9 Å². The maximum atomic E-state index is 11.9. The molecule has 15 heavy (non-hydrogen) atoms. The molecule has 6 heteroatoms. The van der Waals surface area contributed by atoms with Gasteiger partial charge in [0.05, 0.1) is 11.0 Å². The van der Waals surface area contributed by atoms with E-state index in [4.69, 9.17) is 0 Å². The molecule has 1 rings (SSSR count). The average molecular weight is 214 g/mol. The number of hydrogen-bond acceptors (Lipinski definition) is 3. The van der Waals surface area contributed by atoms with E-state index < -0.39 is 11.5 Å². The molecular weight excluding hydrogens is 208 g/mol. The molecule has 0 aliphatic carbocycles. The normalized spacial score (nSPS) is 10.1. The van der Waals surface area contributed by atoms with Crippen LogP contribution < -0.4 is 4.74 Å². The Hall–Kier alpha value is -1.98. The van der Waals surface area contributed by atoms with Crippen molar-refractivity contribution in [2.45, 2.75) is 6.61 Å². The molecule has 1 radical (unpaired) electrons. The summed E-state index contributed by atoms with van der Waals surface area (Å²) >= 11 is 0. The zero-order valence-corrected chi connectivity index (χ0v) is 7.44. The lowest BCUT2D eigenvalue weighted by molar-refractivity contribution is -0.385. The predicted molar refractivity (Wildman–Crippen MR) is 47.7 cm³/mol. The number of benzene rings is 1. The number of rotatable bonds is 4. The van der Waals surface area contributed by atoms with E-state index in [-0.39, 0.29) is 17.0 Å².